The van der Waals surface area contributed by atoms with Crippen LogP contribution in [0.5, 0.6) is 0 Å². The van der Waals surface area contributed by atoms with E-state index in [9.17, 15) is 13.2 Å². The van der Waals surface area contributed by atoms with Gasteiger partial charge in [-0.25, -0.2) is 8.42 Å². The quantitative estimate of drug-likeness (QED) is 0.843. The summed E-state index contributed by atoms with van der Waals surface area (Å²) in [7, 11) is -3.60. The summed E-state index contributed by atoms with van der Waals surface area (Å²) in [4.78, 5) is 12.7. The number of hydrogen-bond donors (Lipinski definition) is 1. The van der Waals surface area contributed by atoms with Crippen molar-refractivity contribution < 1.29 is 13.2 Å². The lowest BCUT2D eigenvalue weighted by molar-refractivity contribution is -0.122. The van der Waals surface area contributed by atoms with Crippen molar-refractivity contribution >= 4 is 21.6 Å². The van der Waals surface area contributed by atoms with Gasteiger partial charge >= 0.3 is 0 Å². The maximum Gasteiger partial charge on any atom is 0.244 e. The molecule has 2 aromatic rings. The summed E-state index contributed by atoms with van der Waals surface area (Å²) in [5, 5.41) is 2.93. The van der Waals surface area contributed by atoms with Gasteiger partial charge in [-0.1, -0.05) is 42.0 Å². The number of hydrogen-bond acceptors (Lipinski definition) is 3. The van der Waals surface area contributed by atoms with Crippen LogP contribution in [0.4, 0.5) is 5.69 Å². The summed E-state index contributed by atoms with van der Waals surface area (Å²) in [6.45, 7) is 7.51. The van der Waals surface area contributed by atoms with E-state index in [1.165, 1.54) is 0 Å². The average molecular weight is 375 g/mol. The maximum absolute atomic E-state index is 12.7. The van der Waals surface area contributed by atoms with E-state index in [0.29, 0.717) is 5.69 Å². The van der Waals surface area contributed by atoms with Crippen LogP contribution in [0.2, 0.25) is 0 Å². The van der Waals surface area contributed by atoms with E-state index in [4.69, 9.17) is 0 Å². The van der Waals surface area contributed by atoms with Crippen molar-refractivity contribution in [2.45, 2.75) is 39.8 Å². The van der Waals surface area contributed by atoms with Crippen molar-refractivity contribution in [1.29, 1.82) is 0 Å². The van der Waals surface area contributed by atoms with E-state index in [1.54, 1.807) is 37.3 Å². The molecule has 5 nitrogen and oxygen atoms in total. The van der Waals surface area contributed by atoms with Crippen LogP contribution in [-0.2, 0) is 14.8 Å². The molecule has 0 bridgehead atoms. The minimum Gasteiger partial charge on any atom is -0.348 e. The van der Waals surface area contributed by atoms with Gasteiger partial charge in [0.1, 0.15) is 6.04 Å². The Balaban J connectivity index is 2.24. The smallest absolute Gasteiger partial charge is 0.244 e. The highest BCUT2D eigenvalue weighted by Gasteiger charge is 2.29. The van der Waals surface area contributed by atoms with Gasteiger partial charge in [-0.15, -0.1) is 0 Å². The van der Waals surface area contributed by atoms with Gasteiger partial charge in [0.25, 0.3) is 0 Å². The maximum atomic E-state index is 12.7. The molecule has 0 fully saturated rings. The molecule has 0 aromatic heterocycles. The zero-order valence-corrected chi connectivity index (χ0v) is 16.7. The number of amides is 1. The molecule has 0 aliphatic rings. The fourth-order valence-electron chi connectivity index (χ4n) is 3.11. The SMILES string of the molecule is Cc1ccc([C@@H](C)NC(=O)[C@@H](C)N(c2ccccc2)S(C)(=O)=O)c(C)c1. The number of nitrogens with zero attached hydrogens (tertiary/aromatic N) is 1. The number of benzene rings is 2. The van der Waals surface area contributed by atoms with Gasteiger partial charge in [-0.3, -0.25) is 9.10 Å². The van der Waals surface area contributed by atoms with Crippen LogP contribution in [0.1, 0.15) is 36.6 Å². The summed E-state index contributed by atoms with van der Waals surface area (Å²) in [6, 6.07) is 13.6. The number of carbonyl (C=O) groups is 1. The van der Waals surface area contributed by atoms with Crippen LogP contribution in [0.25, 0.3) is 0 Å². The summed E-state index contributed by atoms with van der Waals surface area (Å²) < 4.78 is 25.7. The third-order valence-electron chi connectivity index (χ3n) is 4.35. The van der Waals surface area contributed by atoms with Crippen molar-refractivity contribution in [3.63, 3.8) is 0 Å². The van der Waals surface area contributed by atoms with Crippen molar-refractivity contribution in [1.82, 2.24) is 5.32 Å². The summed E-state index contributed by atoms with van der Waals surface area (Å²) >= 11 is 0. The fourth-order valence-corrected chi connectivity index (χ4v) is 4.28. The number of nitrogens with one attached hydrogen (secondary N) is 1. The highest BCUT2D eigenvalue weighted by atomic mass is 32.2. The van der Waals surface area contributed by atoms with E-state index in [-0.39, 0.29) is 11.9 Å². The lowest BCUT2D eigenvalue weighted by Crippen LogP contribution is -2.48. The molecular weight excluding hydrogens is 348 g/mol. The summed E-state index contributed by atoms with van der Waals surface area (Å²) in [5.74, 6) is -0.341. The third kappa shape index (κ3) is 4.64. The number of aryl methyl sites for hydroxylation is 2. The Morgan fingerprint density at radius 2 is 1.65 bits per heavy atom. The third-order valence-corrected chi connectivity index (χ3v) is 5.59. The van der Waals surface area contributed by atoms with Crippen molar-refractivity contribution in [3.8, 4) is 0 Å². The highest BCUT2D eigenvalue weighted by molar-refractivity contribution is 7.92. The number of rotatable bonds is 6. The van der Waals surface area contributed by atoms with Crippen molar-refractivity contribution in [3.05, 3.63) is 65.2 Å². The highest BCUT2D eigenvalue weighted by Crippen LogP contribution is 2.22. The van der Waals surface area contributed by atoms with E-state index in [2.05, 4.69) is 11.4 Å². The molecule has 0 heterocycles. The predicted molar refractivity (Wildman–Crippen MR) is 106 cm³/mol. The molecule has 2 aromatic carbocycles. The second kappa shape index (κ2) is 7.91. The molecule has 140 valence electrons. The largest absolute Gasteiger partial charge is 0.348 e. The molecule has 6 heteroatoms. The van der Waals surface area contributed by atoms with Gasteiger partial charge in [0.2, 0.25) is 15.9 Å². The van der Waals surface area contributed by atoms with Crippen molar-refractivity contribution in [2.75, 3.05) is 10.6 Å². The number of anilines is 1. The molecule has 0 radical (unpaired) electrons. The molecule has 0 saturated carbocycles. The zero-order chi connectivity index (χ0) is 19.5. The van der Waals surface area contributed by atoms with E-state index in [0.717, 1.165) is 27.3 Å². The van der Waals surface area contributed by atoms with Crippen molar-refractivity contribution in [2.24, 2.45) is 0 Å². The Morgan fingerprint density at radius 1 is 1.04 bits per heavy atom. The van der Waals surface area contributed by atoms with Crippen LogP contribution in [0.15, 0.2) is 48.5 Å². The van der Waals surface area contributed by atoms with Gasteiger partial charge in [0, 0.05) is 0 Å². The molecule has 0 spiro atoms. The first-order chi connectivity index (χ1) is 12.1. The Kier molecular flexibility index (Phi) is 6.08. The first-order valence-corrected chi connectivity index (χ1v) is 10.4. The lowest BCUT2D eigenvalue weighted by atomic mass is 10.00. The second-order valence-electron chi connectivity index (χ2n) is 6.66. The molecule has 1 N–H and O–H groups in total. The fraction of sp³-hybridized carbons (Fsp3) is 0.350. The molecule has 1 amide bonds. The number of carbonyl (C=O) groups excluding carboxylic acids is 1. The van der Waals surface area contributed by atoms with Gasteiger partial charge in [-0.2, -0.15) is 0 Å². The molecule has 0 aliphatic carbocycles. The standard InChI is InChI=1S/C20H26N2O3S/c1-14-11-12-19(15(2)13-14)16(3)21-20(23)17(4)22(26(5,24)25)18-9-7-6-8-10-18/h6-13,16-17H,1-5H3,(H,21,23)/t16-,17-/m1/s1. The van der Waals surface area contributed by atoms with Crippen LogP contribution < -0.4 is 9.62 Å². The first kappa shape index (κ1) is 20.0. The molecule has 26 heavy (non-hydrogen) atoms. The molecule has 2 atom stereocenters. The molecule has 0 aliphatic heterocycles. The first-order valence-electron chi connectivity index (χ1n) is 8.53. The van der Waals surface area contributed by atoms with Crippen LogP contribution in [0.3, 0.4) is 0 Å². The molecule has 0 saturated heterocycles. The Labute approximate surface area is 156 Å². The van der Waals surface area contributed by atoms with Gasteiger partial charge in [0.05, 0.1) is 18.0 Å². The average Bonchev–Trinajstić information content (AvgIpc) is 2.54. The molecule has 0 unspecified atom stereocenters. The zero-order valence-electron chi connectivity index (χ0n) is 15.9. The predicted octanol–water partition coefficient (Wildman–Crippen LogP) is 3.34. The normalized spacial score (nSPS) is 13.7. The number of sulfonamides is 1. The van der Waals surface area contributed by atoms with Gasteiger partial charge in [-0.05, 0) is 51.0 Å². The minimum absolute atomic E-state index is 0.220. The van der Waals surface area contributed by atoms with Gasteiger partial charge < -0.3 is 5.32 Å². The Morgan fingerprint density at radius 3 is 2.19 bits per heavy atom. The topological polar surface area (TPSA) is 66.5 Å². The summed E-state index contributed by atoms with van der Waals surface area (Å²) in [5.41, 5.74) is 3.73. The Hall–Kier alpha value is -2.34. The second-order valence-corrected chi connectivity index (χ2v) is 8.52. The van der Waals surface area contributed by atoms with E-state index < -0.39 is 16.1 Å². The lowest BCUT2D eigenvalue weighted by Gasteiger charge is -2.29. The Bertz CT molecular complexity index is 879. The summed E-state index contributed by atoms with van der Waals surface area (Å²) in [6.07, 6.45) is 1.11. The van der Waals surface area contributed by atoms with Crippen LogP contribution >= 0.6 is 0 Å². The van der Waals surface area contributed by atoms with Crippen LogP contribution in [0, 0.1) is 13.8 Å². The van der Waals surface area contributed by atoms with E-state index in [1.807, 2.05) is 32.9 Å². The van der Waals surface area contributed by atoms with Gasteiger partial charge in [0.15, 0.2) is 0 Å². The van der Waals surface area contributed by atoms with E-state index >= 15 is 0 Å². The van der Waals surface area contributed by atoms with Crippen LogP contribution in [-0.4, -0.2) is 26.6 Å². The monoisotopic (exact) mass is 374 g/mol. The molecule has 2 rings (SSSR count). The molecular formula is C20H26N2O3S. The minimum atomic E-state index is -3.60. The number of para-hydroxylation sites is 1.